The first-order valence-corrected chi connectivity index (χ1v) is 5.21. The molecular formula is C11H19N3. The van der Waals surface area contributed by atoms with Gasteiger partial charge in [0.15, 0.2) is 0 Å². The van der Waals surface area contributed by atoms with Gasteiger partial charge in [-0.1, -0.05) is 13.8 Å². The molecule has 1 unspecified atom stereocenters. The maximum Gasteiger partial charge on any atom is 0.144 e. The largest absolute Gasteiger partial charge is 0.366 e. The first-order valence-electron chi connectivity index (χ1n) is 5.21. The summed E-state index contributed by atoms with van der Waals surface area (Å²) in [6.07, 6.45) is 7.57. The molecule has 0 saturated heterocycles. The molecule has 0 aliphatic heterocycles. The van der Waals surface area contributed by atoms with E-state index in [4.69, 9.17) is 0 Å². The van der Waals surface area contributed by atoms with Crippen LogP contribution in [0.4, 0.5) is 5.82 Å². The van der Waals surface area contributed by atoms with Gasteiger partial charge in [0, 0.05) is 18.4 Å². The van der Waals surface area contributed by atoms with Crippen LogP contribution in [0, 0.1) is 5.92 Å². The van der Waals surface area contributed by atoms with E-state index in [9.17, 15) is 0 Å². The van der Waals surface area contributed by atoms with Crippen LogP contribution in [0.25, 0.3) is 0 Å². The van der Waals surface area contributed by atoms with Gasteiger partial charge in [0.2, 0.25) is 0 Å². The summed E-state index contributed by atoms with van der Waals surface area (Å²) in [7, 11) is 0. The van der Waals surface area contributed by atoms with Crippen LogP contribution in [0.1, 0.15) is 33.6 Å². The molecule has 0 spiro atoms. The van der Waals surface area contributed by atoms with Gasteiger partial charge in [0.05, 0.1) is 6.20 Å². The highest BCUT2D eigenvalue weighted by Gasteiger charge is 2.03. The minimum Gasteiger partial charge on any atom is -0.366 e. The monoisotopic (exact) mass is 193 g/mol. The van der Waals surface area contributed by atoms with E-state index in [2.05, 4.69) is 36.1 Å². The second kappa shape index (κ2) is 5.58. The van der Waals surface area contributed by atoms with Crippen LogP contribution in [0.15, 0.2) is 18.6 Å². The lowest BCUT2D eigenvalue weighted by Gasteiger charge is -2.14. The van der Waals surface area contributed by atoms with Crippen LogP contribution < -0.4 is 5.32 Å². The average Bonchev–Trinajstić information content (AvgIpc) is 2.16. The van der Waals surface area contributed by atoms with Crippen LogP contribution in [-0.4, -0.2) is 16.0 Å². The van der Waals surface area contributed by atoms with Crippen molar-refractivity contribution in [2.75, 3.05) is 5.32 Å². The summed E-state index contributed by atoms with van der Waals surface area (Å²) >= 11 is 0. The van der Waals surface area contributed by atoms with Crippen molar-refractivity contribution in [1.29, 1.82) is 0 Å². The smallest absolute Gasteiger partial charge is 0.144 e. The lowest BCUT2D eigenvalue weighted by Crippen LogP contribution is -2.16. The van der Waals surface area contributed by atoms with Crippen LogP contribution in [0.3, 0.4) is 0 Å². The Kier molecular flexibility index (Phi) is 4.36. The Bertz CT molecular complexity index is 246. The molecule has 1 aromatic heterocycles. The Hall–Kier alpha value is -1.12. The van der Waals surface area contributed by atoms with Gasteiger partial charge in [0.1, 0.15) is 5.82 Å². The third kappa shape index (κ3) is 4.21. The van der Waals surface area contributed by atoms with E-state index in [0.29, 0.717) is 6.04 Å². The summed E-state index contributed by atoms with van der Waals surface area (Å²) in [5.41, 5.74) is 0. The number of aromatic nitrogens is 2. The van der Waals surface area contributed by atoms with Crippen molar-refractivity contribution in [2.24, 2.45) is 5.92 Å². The quantitative estimate of drug-likeness (QED) is 0.781. The molecule has 1 rings (SSSR count). The molecule has 0 bridgehead atoms. The highest BCUT2D eigenvalue weighted by Crippen LogP contribution is 2.09. The van der Waals surface area contributed by atoms with Crippen molar-refractivity contribution in [2.45, 2.75) is 39.7 Å². The van der Waals surface area contributed by atoms with E-state index in [1.54, 1.807) is 18.6 Å². The third-order valence-electron chi connectivity index (χ3n) is 2.13. The molecule has 0 aromatic carbocycles. The van der Waals surface area contributed by atoms with Crippen LogP contribution in [0.2, 0.25) is 0 Å². The van der Waals surface area contributed by atoms with Gasteiger partial charge in [-0.05, 0) is 25.7 Å². The first kappa shape index (κ1) is 11.0. The molecule has 1 aromatic rings. The van der Waals surface area contributed by atoms with Crippen LogP contribution in [0.5, 0.6) is 0 Å². The number of rotatable bonds is 5. The molecule has 0 amide bonds. The molecule has 3 heteroatoms. The maximum atomic E-state index is 4.17. The fraction of sp³-hybridized carbons (Fsp3) is 0.636. The number of nitrogens with zero attached hydrogens (tertiary/aromatic N) is 2. The number of hydrogen-bond acceptors (Lipinski definition) is 3. The number of anilines is 1. The van der Waals surface area contributed by atoms with E-state index < -0.39 is 0 Å². The Morgan fingerprint density at radius 3 is 2.57 bits per heavy atom. The Balaban J connectivity index is 2.30. The third-order valence-corrected chi connectivity index (χ3v) is 2.13. The zero-order valence-corrected chi connectivity index (χ0v) is 9.20. The number of hydrogen-bond donors (Lipinski definition) is 1. The normalized spacial score (nSPS) is 12.9. The van der Waals surface area contributed by atoms with Crippen molar-refractivity contribution in [1.82, 2.24) is 9.97 Å². The fourth-order valence-corrected chi connectivity index (χ4v) is 1.28. The molecule has 78 valence electrons. The van der Waals surface area contributed by atoms with E-state index in [1.807, 2.05) is 0 Å². The summed E-state index contributed by atoms with van der Waals surface area (Å²) in [6.45, 7) is 6.67. The molecule has 1 heterocycles. The predicted octanol–water partition coefficient (Wildman–Crippen LogP) is 2.71. The Morgan fingerprint density at radius 1 is 1.21 bits per heavy atom. The lowest BCUT2D eigenvalue weighted by molar-refractivity contribution is 0.527. The second-order valence-electron chi connectivity index (χ2n) is 4.11. The SMILES string of the molecule is CC(C)CCC(C)Nc1cnccn1. The van der Waals surface area contributed by atoms with Crippen molar-refractivity contribution >= 4 is 5.82 Å². The average molecular weight is 193 g/mol. The van der Waals surface area contributed by atoms with Gasteiger partial charge in [-0.2, -0.15) is 0 Å². The molecule has 3 nitrogen and oxygen atoms in total. The Morgan fingerprint density at radius 2 is 2.00 bits per heavy atom. The minimum absolute atomic E-state index is 0.467. The molecular weight excluding hydrogens is 174 g/mol. The van der Waals surface area contributed by atoms with Gasteiger partial charge < -0.3 is 5.32 Å². The summed E-state index contributed by atoms with van der Waals surface area (Å²) in [5.74, 6) is 1.63. The molecule has 1 N–H and O–H groups in total. The van der Waals surface area contributed by atoms with Crippen molar-refractivity contribution in [3.8, 4) is 0 Å². The summed E-state index contributed by atoms with van der Waals surface area (Å²) in [6, 6.07) is 0.467. The van der Waals surface area contributed by atoms with Crippen molar-refractivity contribution in [3.05, 3.63) is 18.6 Å². The van der Waals surface area contributed by atoms with Crippen LogP contribution >= 0.6 is 0 Å². The van der Waals surface area contributed by atoms with Gasteiger partial charge in [-0.3, -0.25) is 4.98 Å². The van der Waals surface area contributed by atoms with Gasteiger partial charge >= 0.3 is 0 Å². The minimum atomic E-state index is 0.467. The zero-order chi connectivity index (χ0) is 10.4. The molecule has 0 aliphatic carbocycles. The molecule has 14 heavy (non-hydrogen) atoms. The van der Waals surface area contributed by atoms with Gasteiger partial charge in [-0.15, -0.1) is 0 Å². The van der Waals surface area contributed by atoms with Crippen molar-refractivity contribution in [3.63, 3.8) is 0 Å². The van der Waals surface area contributed by atoms with Crippen LogP contribution in [-0.2, 0) is 0 Å². The van der Waals surface area contributed by atoms with E-state index in [0.717, 1.165) is 11.7 Å². The zero-order valence-electron chi connectivity index (χ0n) is 9.20. The van der Waals surface area contributed by atoms with E-state index in [1.165, 1.54) is 12.8 Å². The predicted molar refractivity (Wildman–Crippen MR) is 59.2 cm³/mol. The fourth-order valence-electron chi connectivity index (χ4n) is 1.28. The molecule has 0 saturated carbocycles. The topological polar surface area (TPSA) is 37.8 Å². The second-order valence-corrected chi connectivity index (χ2v) is 4.11. The highest BCUT2D eigenvalue weighted by molar-refractivity contribution is 5.30. The summed E-state index contributed by atoms with van der Waals surface area (Å²) in [5, 5.41) is 3.32. The maximum absolute atomic E-state index is 4.17. The Labute approximate surface area is 86.0 Å². The molecule has 0 radical (unpaired) electrons. The van der Waals surface area contributed by atoms with E-state index in [-0.39, 0.29) is 0 Å². The van der Waals surface area contributed by atoms with Gasteiger partial charge in [0.25, 0.3) is 0 Å². The molecule has 1 atom stereocenters. The van der Waals surface area contributed by atoms with Crippen molar-refractivity contribution < 1.29 is 0 Å². The summed E-state index contributed by atoms with van der Waals surface area (Å²) < 4.78 is 0. The van der Waals surface area contributed by atoms with E-state index >= 15 is 0 Å². The standard InChI is InChI=1S/C11H19N3/c1-9(2)4-5-10(3)14-11-8-12-6-7-13-11/h6-10H,4-5H2,1-3H3,(H,13,14). The molecule has 0 fully saturated rings. The highest BCUT2D eigenvalue weighted by atomic mass is 15.0. The number of nitrogens with one attached hydrogen (secondary N) is 1. The first-order chi connectivity index (χ1) is 6.68. The lowest BCUT2D eigenvalue weighted by atomic mass is 10.0. The summed E-state index contributed by atoms with van der Waals surface area (Å²) in [4.78, 5) is 8.18. The van der Waals surface area contributed by atoms with Gasteiger partial charge in [-0.25, -0.2) is 4.98 Å². The molecule has 0 aliphatic rings.